The quantitative estimate of drug-likeness (QED) is 0.774. The first-order chi connectivity index (χ1) is 8.18. The molecule has 0 aromatic heterocycles. The number of likely N-dealkylation sites (tertiary alicyclic amines) is 2. The Balaban J connectivity index is 1.78. The average molecular weight is 255 g/mol. The van der Waals surface area contributed by atoms with Gasteiger partial charge in [0, 0.05) is 12.6 Å². The highest BCUT2D eigenvalue weighted by Crippen LogP contribution is 2.22. The van der Waals surface area contributed by atoms with Gasteiger partial charge in [0.05, 0.1) is 11.0 Å². The van der Waals surface area contributed by atoms with Crippen LogP contribution >= 0.6 is 12.2 Å². The topological polar surface area (TPSA) is 32.5 Å². The molecule has 0 saturated carbocycles. The summed E-state index contributed by atoms with van der Waals surface area (Å²) >= 11 is 5.15. The zero-order valence-electron chi connectivity index (χ0n) is 10.9. The van der Waals surface area contributed by atoms with E-state index in [9.17, 15) is 0 Å². The fraction of sp³-hybridized carbons (Fsp3) is 0.923. The highest BCUT2D eigenvalue weighted by Gasteiger charge is 2.27. The zero-order valence-corrected chi connectivity index (χ0v) is 11.7. The van der Waals surface area contributed by atoms with Gasteiger partial charge in [0.25, 0.3) is 0 Å². The standard InChI is InChI=1S/C13H25N3S/c1-15-8-3-2-5-11(15)7-10-16-9-4-6-12(16)13(14)17/h11-12H,2-10H2,1H3,(H2,14,17). The fourth-order valence-electron chi connectivity index (χ4n) is 3.24. The first kappa shape index (κ1) is 13.2. The largest absolute Gasteiger partial charge is 0.392 e. The number of piperidine rings is 1. The van der Waals surface area contributed by atoms with Crippen molar-refractivity contribution in [2.24, 2.45) is 5.73 Å². The number of rotatable bonds is 4. The molecule has 98 valence electrons. The van der Waals surface area contributed by atoms with Crippen molar-refractivity contribution in [1.29, 1.82) is 0 Å². The Morgan fingerprint density at radius 2 is 2.06 bits per heavy atom. The van der Waals surface area contributed by atoms with Crippen LogP contribution in [-0.4, -0.2) is 53.6 Å². The summed E-state index contributed by atoms with van der Waals surface area (Å²) in [6.45, 7) is 3.61. The molecule has 2 N–H and O–H groups in total. The van der Waals surface area contributed by atoms with Crippen molar-refractivity contribution in [3.05, 3.63) is 0 Å². The Bertz CT molecular complexity index is 269. The molecule has 0 amide bonds. The molecule has 2 aliphatic heterocycles. The third-order valence-electron chi connectivity index (χ3n) is 4.36. The summed E-state index contributed by atoms with van der Waals surface area (Å²) in [7, 11) is 2.26. The van der Waals surface area contributed by atoms with E-state index in [1.165, 1.54) is 45.2 Å². The fourth-order valence-corrected chi connectivity index (χ4v) is 3.51. The van der Waals surface area contributed by atoms with E-state index < -0.39 is 0 Å². The van der Waals surface area contributed by atoms with Crippen LogP contribution in [0.15, 0.2) is 0 Å². The first-order valence-corrected chi connectivity index (χ1v) is 7.33. The molecule has 0 aromatic carbocycles. The lowest BCUT2D eigenvalue weighted by molar-refractivity contribution is 0.156. The Hall–Kier alpha value is -0.190. The molecule has 0 aromatic rings. The minimum atomic E-state index is 0.374. The normalized spacial score (nSPS) is 31.8. The molecule has 3 nitrogen and oxygen atoms in total. The summed E-state index contributed by atoms with van der Waals surface area (Å²) in [5.41, 5.74) is 5.80. The van der Waals surface area contributed by atoms with Gasteiger partial charge in [-0.2, -0.15) is 0 Å². The molecule has 2 unspecified atom stereocenters. The van der Waals surface area contributed by atoms with Crippen molar-refractivity contribution in [3.63, 3.8) is 0 Å². The predicted molar refractivity (Wildman–Crippen MR) is 76.3 cm³/mol. The molecule has 2 fully saturated rings. The van der Waals surface area contributed by atoms with Gasteiger partial charge in [-0.05, 0) is 52.2 Å². The zero-order chi connectivity index (χ0) is 12.3. The molecule has 0 aliphatic carbocycles. The molecule has 0 bridgehead atoms. The number of hydrogen-bond acceptors (Lipinski definition) is 3. The van der Waals surface area contributed by atoms with Gasteiger partial charge in [0.1, 0.15) is 0 Å². The van der Waals surface area contributed by atoms with E-state index in [4.69, 9.17) is 18.0 Å². The molecule has 0 spiro atoms. The lowest BCUT2D eigenvalue weighted by Gasteiger charge is -2.34. The number of hydrogen-bond donors (Lipinski definition) is 1. The van der Waals surface area contributed by atoms with Crippen molar-refractivity contribution in [2.45, 2.75) is 50.6 Å². The van der Waals surface area contributed by atoms with Crippen LogP contribution in [0.4, 0.5) is 0 Å². The highest BCUT2D eigenvalue weighted by atomic mass is 32.1. The maximum absolute atomic E-state index is 5.80. The van der Waals surface area contributed by atoms with Crippen LogP contribution < -0.4 is 5.73 Å². The third-order valence-corrected chi connectivity index (χ3v) is 4.64. The second-order valence-electron chi connectivity index (χ2n) is 5.52. The van der Waals surface area contributed by atoms with Crippen LogP contribution in [0.1, 0.15) is 38.5 Å². The lowest BCUT2D eigenvalue weighted by Crippen LogP contribution is -2.43. The van der Waals surface area contributed by atoms with Crippen LogP contribution in [-0.2, 0) is 0 Å². The molecule has 2 saturated heterocycles. The van der Waals surface area contributed by atoms with Gasteiger partial charge in [-0.1, -0.05) is 18.6 Å². The van der Waals surface area contributed by atoms with E-state index in [2.05, 4.69) is 16.8 Å². The number of nitrogens with zero attached hydrogens (tertiary/aromatic N) is 2. The monoisotopic (exact) mass is 255 g/mol. The Labute approximate surface area is 110 Å². The Kier molecular flexibility index (Phi) is 4.77. The molecule has 0 radical (unpaired) electrons. The van der Waals surface area contributed by atoms with Gasteiger partial charge in [-0.15, -0.1) is 0 Å². The van der Waals surface area contributed by atoms with E-state index in [1.54, 1.807) is 0 Å². The minimum absolute atomic E-state index is 0.374. The number of nitrogens with two attached hydrogens (primary N) is 1. The molecule has 2 aliphatic rings. The van der Waals surface area contributed by atoms with E-state index in [1.807, 2.05) is 0 Å². The predicted octanol–water partition coefficient (Wildman–Crippen LogP) is 1.61. The maximum Gasteiger partial charge on any atom is 0.0902 e. The molecule has 4 heteroatoms. The summed E-state index contributed by atoms with van der Waals surface area (Å²) in [6, 6.07) is 1.15. The van der Waals surface area contributed by atoms with Gasteiger partial charge in [0.2, 0.25) is 0 Å². The van der Waals surface area contributed by atoms with E-state index in [0.717, 1.165) is 19.0 Å². The summed E-state index contributed by atoms with van der Waals surface area (Å²) in [5, 5.41) is 0. The van der Waals surface area contributed by atoms with Gasteiger partial charge in [-0.25, -0.2) is 0 Å². The molecular weight excluding hydrogens is 230 g/mol. The van der Waals surface area contributed by atoms with Crippen LogP contribution in [0.3, 0.4) is 0 Å². The summed E-state index contributed by atoms with van der Waals surface area (Å²) < 4.78 is 0. The maximum atomic E-state index is 5.80. The Morgan fingerprint density at radius 3 is 2.76 bits per heavy atom. The molecule has 17 heavy (non-hydrogen) atoms. The van der Waals surface area contributed by atoms with Gasteiger partial charge < -0.3 is 10.6 Å². The highest BCUT2D eigenvalue weighted by molar-refractivity contribution is 7.80. The number of thiocarbonyl (C=S) groups is 1. The minimum Gasteiger partial charge on any atom is -0.392 e. The van der Waals surface area contributed by atoms with Crippen molar-refractivity contribution in [2.75, 3.05) is 26.7 Å². The van der Waals surface area contributed by atoms with Gasteiger partial charge in [0.15, 0.2) is 0 Å². The van der Waals surface area contributed by atoms with Crippen molar-refractivity contribution < 1.29 is 0 Å². The molecular formula is C13H25N3S. The average Bonchev–Trinajstić information content (AvgIpc) is 2.76. The molecule has 2 atom stereocenters. The second-order valence-corrected chi connectivity index (χ2v) is 5.99. The smallest absolute Gasteiger partial charge is 0.0902 e. The van der Waals surface area contributed by atoms with E-state index in [-0.39, 0.29) is 0 Å². The van der Waals surface area contributed by atoms with E-state index >= 15 is 0 Å². The Morgan fingerprint density at radius 1 is 1.24 bits per heavy atom. The van der Waals surface area contributed by atoms with Crippen LogP contribution in [0.25, 0.3) is 0 Å². The molecule has 2 rings (SSSR count). The van der Waals surface area contributed by atoms with Crippen molar-refractivity contribution in [1.82, 2.24) is 9.80 Å². The summed E-state index contributed by atoms with van der Waals surface area (Å²) in [6.07, 6.45) is 7.82. The van der Waals surface area contributed by atoms with Crippen molar-refractivity contribution in [3.8, 4) is 0 Å². The van der Waals surface area contributed by atoms with E-state index in [0.29, 0.717) is 11.0 Å². The van der Waals surface area contributed by atoms with Gasteiger partial charge in [-0.3, -0.25) is 4.90 Å². The molecule has 2 heterocycles. The SMILES string of the molecule is CN1CCCCC1CCN1CCCC1C(N)=S. The van der Waals surface area contributed by atoms with Crippen molar-refractivity contribution >= 4 is 17.2 Å². The van der Waals surface area contributed by atoms with Gasteiger partial charge >= 0.3 is 0 Å². The third kappa shape index (κ3) is 3.39. The van der Waals surface area contributed by atoms with Crippen LogP contribution in [0, 0.1) is 0 Å². The first-order valence-electron chi connectivity index (χ1n) is 6.92. The second kappa shape index (κ2) is 6.12. The van der Waals surface area contributed by atoms with Crippen LogP contribution in [0.5, 0.6) is 0 Å². The summed E-state index contributed by atoms with van der Waals surface area (Å²) in [5.74, 6) is 0. The summed E-state index contributed by atoms with van der Waals surface area (Å²) in [4.78, 5) is 5.71. The lowest BCUT2D eigenvalue weighted by atomic mass is 10.00. The van der Waals surface area contributed by atoms with Crippen LogP contribution in [0.2, 0.25) is 0 Å².